The van der Waals surface area contributed by atoms with E-state index in [1.807, 2.05) is 54.7 Å². The first-order valence-electron chi connectivity index (χ1n) is 12.9. The van der Waals surface area contributed by atoms with Gasteiger partial charge in [-0.2, -0.15) is 4.31 Å². The lowest BCUT2D eigenvalue weighted by atomic mass is 10.1. The summed E-state index contributed by atoms with van der Waals surface area (Å²) in [5, 5.41) is 1.09. The molecule has 0 radical (unpaired) electrons. The van der Waals surface area contributed by atoms with E-state index in [1.165, 1.54) is 30.7 Å². The Morgan fingerprint density at radius 1 is 0.850 bits per heavy atom. The molecule has 0 spiro atoms. The molecule has 0 aliphatic carbocycles. The van der Waals surface area contributed by atoms with Gasteiger partial charge in [-0.15, -0.1) is 0 Å². The van der Waals surface area contributed by atoms with Crippen LogP contribution in [0.1, 0.15) is 11.1 Å². The van der Waals surface area contributed by atoms with Crippen LogP contribution in [-0.2, 0) is 32.5 Å². The van der Waals surface area contributed by atoms with E-state index in [1.54, 1.807) is 24.1 Å². The quantitative estimate of drug-likeness (QED) is 0.247. The molecule has 9 nitrogen and oxygen atoms in total. The lowest BCUT2D eigenvalue weighted by molar-refractivity contribution is -0.132. The second-order valence-electron chi connectivity index (χ2n) is 9.24. The van der Waals surface area contributed by atoms with Crippen LogP contribution >= 0.6 is 0 Å². The van der Waals surface area contributed by atoms with E-state index in [2.05, 4.69) is 4.98 Å². The van der Waals surface area contributed by atoms with Gasteiger partial charge in [0.1, 0.15) is 11.5 Å². The van der Waals surface area contributed by atoms with Crippen LogP contribution in [-0.4, -0.2) is 76.1 Å². The molecule has 1 amide bonds. The molecule has 4 aromatic rings. The molecular formula is C30H35N3O6S. The molecule has 0 aliphatic rings. The number of sulfonamides is 1. The first kappa shape index (κ1) is 29.1. The summed E-state index contributed by atoms with van der Waals surface area (Å²) in [7, 11) is 0.618. The van der Waals surface area contributed by atoms with Crippen molar-refractivity contribution >= 4 is 26.8 Å². The van der Waals surface area contributed by atoms with Gasteiger partial charge in [0, 0.05) is 49.4 Å². The molecule has 0 saturated carbocycles. The number of amides is 1. The summed E-state index contributed by atoms with van der Waals surface area (Å²) in [5.74, 6) is 0.882. The zero-order valence-electron chi connectivity index (χ0n) is 23.0. The minimum Gasteiger partial charge on any atom is -0.497 e. The summed E-state index contributed by atoms with van der Waals surface area (Å²) in [6.45, 7) is 0.498. The summed E-state index contributed by atoms with van der Waals surface area (Å²) < 4.78 is 44.2. The van der Waals surface area contributed by atoms with Gasteiger partial charge in [0.25, 0.3) is 0 Å². The fourth-order valence-corrected chi connectivity index (χ4v) is 5.92. The number of carbonyl (C=O) groups excluding carboxylic acids is 1. The van der Waals surface area contributed by atoms with E-state index in [-0.39, 0.29) is 37.0 Å². The molecule has 0 atom stereocenters. The van der Waals surface area contributed by atoms with Crippen molar-refractivity contribution in [1.29, 1.82) is 0 Å². The van der Waals surface area contributed by atoms with Crippen molar-refractivity contribution in [3.63, 3.8) is 0 Å². The Kier molecular flexibility index (Phi) is 9.81. The van der Waals surface area contributed by atoms with Crippen molar-refractivity contribution in [1.82, 2.24) is 14.2 Å². The van der Waals surface area contributed by atoms with Gasteiger partial charge >= 0.3 is 0 Å². The summed E-state index contributed by atoms with van der Waals surface area (Å²) in [4.78, 5) is 18.9. The van der Waals surface area contributed by atoms with Gasteiger partial charge < -0.3 is 24.1 Å². The number of rotatable bonds is 14. The minimum atomic E-state index is -3.98. The van der Waals surface area contributed by atoms with Crippen molar-refractivity contribution in [3.8, 4) is 11.5 Å². The van der Waals surface area contributed by atoms with Gasteiger partial charge in [-0.25, -0.2) is 8.42 Å². The third kappa shape index (κ3) is 6.82. The zero-order valence-corrected chi connectivity index (χ0v) is 23.8. The highest BCUT2D eigenvalue weighted by Crippen LogP contribution is 2.23. The summed E-state index contributed by atoms with van der Waals surface area (Å²) >= 11 is 0. The van der Waals surface area contributed by atoms with Crippen LogP contribution in [0.4, 0.5) is 0 Å². The third-order valence-electron chi connectivity index (χ3n) is 6.79. The average molecular weight is 566 g/mol. The van der Waals surface area contributed by atoms with Gasteiger partial charge in [-0.1, -0.05) is 36.4 Å². The van der Waals surface area contributed by atoms with Crippen LogP contribution in [0.15, 0.2) is 83.9 Å². The maximum Gasteiger partial charge on any atom is 0.243 e. The van der Waals surface area contributed by atoms with E-state index in [4.69, 9.17) is 14.2 Å². The average Bonchev–Trinajstić information content (AvgIpc) is 3.40. The molecule has 0 bridgehead atoms. The van der Waals surface area contributed by atoms with Crippen LogP contribution in [0.3, 0.4) is 0 Å². The molecule has 212 valence electrons. The second kappa shape index (κ2) is 13.5. The van der Waals surface area contributed by atoms with E-state index in [0.29, 0.717) is 24.5 Å². The molecule has 3 aromatic carbocycles. The highest BCUT2D eigenvalue weighted by atomic mass is 32.2. The first-order valence-corrected chi connectivity index (χ1v) is 14.4. The molecule has 0 unspecified atom stereocenters. The fraction of sp³-hybridized carbons (Fsp3) is 0.300. The largest absolute Gasteiger partial charge is 0.497 e. The highest BCUT2D eigenvalue weighted by Gasteiger charge is 2.29. The summed E-state index contributed by atoms with van der Waals surface area (Å²) in [6.07, 6.45) is 2.55. The Hall–Kier alpha value is -3.86. The number of fused-ring (bicyclic) bond motifs is 1. The molecule has 4 rings (SSSR count). The molecular weight excluding hydrogens is 530 g/mol. The molecule has 1 N–H and O–H groups in total. The predicted molar refractivity (Wildman–Crippen MR) is 154 cm³/mol. The van der Waals surface area contributed by atoms with Crippen LogP contribution in [0.25, 0.3) is 10.9 Å². The van der Waals surface area contributed by atoms with Crippen LogP contribution in [0.5, 0.6) is 11.5 Å². The standard InChI is InChI=1S/C30H35N3O6S/c1-37-19-18-33(40(35,36)26-14-12-25(38-2)13-15-26)22-30(34)32(21-24-8-4-7-11-29(24)39-3)17-16-23-20-31-28-10-6-5-9-27(23)28/h4-15,20,31H,16-19,21-22H2,1-3H3. The molecule has 0 aliphatic heterocycles. The summed E-state index contributed by atoms with van der Waals surface area (Å²) in [5.41, 5.74) is 2.94. The number of aromatic nitrogens is 1. The monoisotopic (exact) mass is 565 g/mol. The molecule has 1 heterocycles. The van der Waals surface area contributed by atoms with E-state index >= 15 is 0 Å². The van der Waals surface area contributed by atoms with Gasteiger partial charge in [0.05, 0.1) is 32.3 Å². The molecule has 10 heteroatoms. The topological polar surface area (TPSA) is 101 Å². The van der Waals surface area contributed by atoms with Gasteiger partial charge in [0.15, 0.2) is 0 Å². The Morgan fingerprint density at radius 2 is 1.57 bits per heavy atom. The normalized spacial score (nSPS) is 11.6. The number of ether oxygens (including phenoxy) is 3. The predicted octanol–water partition coefficient (Wildman–Crippen LogP) is 4.09. The van der Waals surface area contributed by atoms with E-state index in [0.717, 1.165) is 22.0 Å². The van der Waals surface area contributed by atoms with Crippen molar-refractivity contribution < 1.29 is 27.4 Å². The molecule has 0 saturated heterocycles. The number of hydrogen-bond acceptors (Lipinski definition) is 6. The number of nitrogens with one attached hydrogen (secondary N) is 1. The van der Waals surface area contributed by atoms with Crippen LogP contribution in [0.2, 0.25) is 0 Å². The first-order chi connectivity index (χ1) is 19.4. The summed E-state index contributed by atoms with van der Waals surface area (Å²) in [6, 6.07) is 21.6. The Labute approximate surface area is 235 Å². The Bertz CT molecular complexity index is 1520. The van der Waals surface area contributed by atoms with Crippen molar-refractivity contribution in [2.45, 2.75) is 17.9 Å². The molecule has 0 fully saturated rings. The number of para-hydroxylation sites is 2. The van der Waals surface area contributed by atoms with Gasteiger partial charge in [0.2, 0.25) is 15.9 Å². The number of H-pyrrole nitrogens is 1. The number of aromatic amines is 1. The van der Waals surface area contributed by atoms with E-state index in [9.17, 15) is 13.2 Å². The number of methoxy groups -OCH3 is 3. The lowest BCUT2D eigenvalue weighted by Gasteiger charge is -2.28. The minimum absolute atomic E-state index is 0.0293. The SMILES string of the molecule is COCCN(CC(=O)N(CCc1c[nH]c2ccccc12)Cc1ccccc1OC)S(=O)(=O)c1ccc(OC)cc1. The zero-order chi connectivity index (χ0) is 28.5. The van der Waals surface area contributed by atoms with Crippen molar-refractivity contribution in [2.75, 3.05) is 47.6 Å². The fourth-order valence-electron chi connectivity index (χ4n) is 4.55. The van der Waals surface area contributed by atoms with Crippen LogP contribution < -0.4 is 9.47 Å². The van der Waals surface area contributed by atoms with Crippen molar-refractivity contribution in [3.05, 3.63) is 90.1 Å². The lowest BCUT2D eigenvalue weighted by Crippen LogP contribution is -2.44. The number of carbonyl (C=O) groups is 1. The van der Waals surface area contributed by atoms with Gasteiger partial charge in [-0.05, 0) is 48.4 Å². The molecule has 1 aromatic heterocycles. The maximum absolute atomic E-state index is 13.8. The molecule has 40 heavy (non-hydrogen) atoms. The maximum atomic E-state index is 13.8. The Balaban J connectivity index is 1.60. The number of nitrogens with zero attached hydrogens (tertiary/aromatic N) is 2. The number of benzene rings is 3. The highest BCUT2D eigenvalue weighted by molar-refractivity contribution is 7.89. The van der Waals surface area contributed by atoms with Crippen molar-refractivity contribution in [2.24, 2.45) is 0 Å². The van der Waals surface area contributed by atoms with Crippen LogP contribution in [0, 0.1) is 0 Å². The third-order valence-corrected chi connectivity index (χ3v) is 8.65. The van der Waals surface area contributed by atoms with E-state index < -0.39 is 10.0 Å². The smallest absolute Gasteiger partial charge is 0.243 e. The Morgan fingerprint density at radius 3 is 2.30 bits per heavy atom. The van der Waals surface area contributed by atoms with Gasteiger partial charge in [-0.3, -0.25) is 4.79 Å². The number of hydrogen-bond donors (Lipinski definition) is 1. The second-order valence-corrected chi connectivity index (χ2v) is 11.2.